The summed E-state index contributed by atoms with van der Waals surface area (Å²) in [6.45, 7) is 0. The highest BCUT2D eigenvalue weighted by Crippen LogP contribution is 2.34. The summed E-state index contributed by atoms with van der Waals surface area (Å²) in [6.07, 6.45) is 0. The molecule has 1 aromatic heterocycles. The maximum Gasteiger partial charge on any atom is 0.197 e. The average molecular weight is 307 g/mol. The van der Waals surface area contributed by atoms with Gasteiger partial charge in [0.15, 0.2) is 5.78 Å². The van der Waals surface area contributed by atoms with E-state index in [1.807, 2.05) is 0 Å². The van der Waals surface area contributed by atoms with Crippen LogP contribution in [0.4, 0.5) is 5.69 Å². The number of carbonyl (C=O) groups is 1. The van der Waals surface area contributed by atoms with Crippen molar-refractivity contribution in [3.63, 3.8) is 0 Å². The third kappa shape index (κ3) is 2.58. The molecule has 2 rings (SSSR count). The molecule has 0 saturated carbocycles. The van der Waals surface area contributed by atoms with Gasteiger partial charge in [-0.2, -0.15) is 0 Å². The van der Waals surface area contributed by atoms with E-state index in [2.05, 4.69) is 0 Å². The molecule has 2 aromatic rings. The van der Waals surface area contributed by atoms with E-state index in [0.29, 0.717) is 30.5 Å². The summed E-state index contributed by atoms with van der Waals surface area (Å²) in [4.78, 5) is 12.2. The number of nitrogen functional groups attached to an aromatic ring is 1. The van der Waals surface area contributed by atoms with E-state index >= 15 is 0 Å². The molecule has 0 aliphatic heterocycles. The van der Waals surface area contributed by atoms with Crippen molar-refractivity contribution >= 4 is 57.6 Å². The molecule has 0 spiro atoms. The number of benzene rings is 1. The molecule has 0 fully saturated rings. The van der Waals surface area contributed by atoms with E-state index in [1.54, 1.807) is 12.1 Å². The van der Waals surface area contributed by atoms with Crippen LogP contribution in [0, 0.1) is 0 Å². The summed E-state index contributed by atoms with van der Waals surface area (Å²) in [5.74, 6) is -0.282. The molecule has 17 heavy (non-hydrogen) atoms. The van der Waals surface area contributed by atoms with Gasteiger partial charge in [0.25, 0.3) is 0 Å². The summed E-state index contributed by atoms with van der Waals surface area (Å²) in [7, 11) is 0. The van der Waals surface area contributed by atoms with Gasteiger partial charge in [0.2, 0.25) is 0 Å². The minimum atomic E-state index is -0.282. The zero-order valence-corrected chi connectivity index (χ0v) is 11.4. The third-order valence-corrected chi connectivity index (χ3v) is 3.95. The molecule has 88 valence electrons. The Morgan fingerprint density at radius 2 is 1.82 bits per heavy atom. The number of thiophene rings is 1. The molecular formula is C11H6Cl3NOS. The third-order valence-electron chi connectivity index (χ3n) is 2.14. The first-order valence-electron chi connectivity index (χ1n) is 4.53. The van der Waals surface area contributed by atoms with Crippen LogP contribution in [0.15, 0.2) is 24.3 Å². The van der Waals surface area contributed by atoms with E-state index in [4.69, 9.17) is 40.5 Å². The quantitative estimate of drug-likeness (QED) is 0.654. The molecule has 0 radical (unpaired) electrons. The smallest absolute Gasteiger partial charge is 0.197 e. The first kappa shape index (κ1) is 12.7. The van der Waals surface area contributed by atoms with Crippen LogP contribution in [-0.2, 0) is 0 Å². The Bertz CT molecular complexity index is 594. The van der Waals surface area contributed by atoms with Crippen LogP contribution in [0.5, 0.6) is 0 Å². The number of nitrogens with two attached hydrogens (primary N) is 1. The number of ketones is 1. The van der Waals surface area contributed by atoms with Crippen molar-refractivity contribution in [2.45, 2.75) is 0 Å². The average Bonchev–Trinajstić information content (AvgIpc) is 2.60. The van der Waals surface area contributed by atoms with E-state index < -0.39 is 0 Å². The largest absolute Gasteiger partial charge is 0.399 e. The molecule has 0 amide bonds. The summed E-state index contributed by atoms with van der Waals surface area (Å²) in [5.41, 5.74) is 6.75. The second-order valence-electron chi connectivity index (χ2n) is 3.31. The molecule has 0 aliphatic carbocycles. The SMILES string of the molecule is Nc1ccc(Cl)c(C(=O)c2cc(Cl)sc2Cl)c1. The molecule has 2 N–H and O–H groups in total. The lowest BCUT2D eigenvalue weighted by Crippen LogP contribution is -2.02. The van der Waals surface area contributed by atoms with E-state index in [0.717, 1.165) is 11.3 Å². The highest BCUT2D eigenvalue weighted by Gasteiger charge is 2.18. The second kappa shape index (κ2) is 4.86. The molecule has 0 aliphatic rings. The Morgan fingerprint density at radius 1 is 1.12 bits per heavy atom. The molecule has 6 heteroatoms. The number of hydrogen-bond donors (Lipinski definition) is 1. The van der Waals surface area contributed by atoms with Crippen molar-refractivity contribution in [2.24, 2.45) is 0 Å². The van der Waals surface area contributed by atoms with Crippen LogP contribution in [0.3, 0.4) is 0 Å². The van der Waals surface area contributed by atoms with Gasteiger partial charge in [0.05, 0.1) is 14.9 Å². The Balaban J connectivity index is 2.50. The zero-order chi connectivity index (χ0) is 12.6. The maximum atomic E-state index is 12.2. The molecular weight excluding hydrogens is 301 g/mol. The summed E-state index contributed by atoms with van der Waals surface area (Å²) in [5, 5.41) is 0.336. The Labute approximate surface area is 117 Å². The number of rotatable bonds is 2. The topological polar surface area (TPSA) is 43.1 Å². The second-order valence-corrected chi connectivity index (χ2v) is 6.00. The Morgan fingerprint density at radius 3 is 2.41 bits per heavy atom. The van der Waals surface area contributed by atoms with Crippen molar-refractivity contribution in [3.05, 3.63) is 49.1 Å². The van der Waals surface area contributed by atoms with Gasteiger partial charge in [0.1, 0.15) is 4.34 Å². The van der Waals surface area contributed by atoms with Crippen LogP contribution in [0.25, 0.3) is 0 Å². The minimum Gasteiger partial charge on any atom is -0.399 e. The summed E-state index contributed by atoms with van der Waals surface area (Å²) >= 11 is 18.8. The van der Waals surface area contributed by atoms with Gasteiger partial charge in [-0.3, -0.25) is 4.79 Å². The highest BCUT2D eigenvalue weighted by molar-refractivity contribution is 7.20. The molecule has 1 heterocycles. The fraction of sp³-hybridized carbons (Fsp3) is 0. The Kier molecular flexibility index (Phi) is 3.64. The predicted molar refractivity (Wildman–Crippen MR) is 73.6 cm³/mol. The monoisotopic (exact) mass is 305 g/mol. The first-order valence-corrected chi connectivity index (χ1v) is 6.48. The van der Waals surface area contributed by atoms with Gasteiger partial charge in [-0.25, -0.2) is 0 Å². The van der Waals surface area contributed by atoms with Crippen LogP contribution in [-0.4, -0.2) is 5.78 Å². The maximum absolute atomic E-state index is 12.2. The van der Waals surface area contributed by atoms with Crippen molar-refractivity contribution in [1.29, 1.82) is 0 Å². The standard InChI is InChI=1S/C11H6Cl3NOS/c12-8-2-1-5(15)3-6(8)10(16)7-4-9(13)17-11(7)14/h1-4H,15H2. The highest BCUT2D eigenvalue weighted by atomic mass is 35.5. The van der Waals surface area contributed by atoms with Crippen molar-refractivity contribution in [2.75, 3.05) is 5.73 Å². The molecule has 2 nitrogen and oxygen atoms in total. The molecule has 1 aromatic carbocycles. The van der Waals surface area contributed by atoms with E-state index in [-0.39, 0.29) is 5.78 Å². The minimum absolute atomic E-state index is 0.282. The van der Waals surface area contributed by atoms with Crippen molar-refractivity contribution < 1.29 is 4.79 Å². The van der Waals surface area contributed by atoms with Crippen molar-refractivity contribution in [1.82, 2.24) is 0 Å². The summed E-state index contributed by atoms with van der Waals surface area (Å²) in [6, 6.07) is 6.25. The fourth-order valence-electron chi connectivity index (χ4n) is 1.36. The fourth-order valence-corrected chi connectivity index (χ4v) is 3.02. The van der Waals surface area contributed by atoms with Gasteiger partial charge in [-0.1, -0.05) is 34.8 Å². The lowest BCUT2D eigenvalue weighted by Gasteiger charge is -2.03. The molecule has 0 saturated heterocycles. The number of carbonyl (C=O) groups excluding carboxylic acids is 1. The normalized spacial score (nSPS) is 10.5. The number of halogens is 3. The first-order chi connectivity index (χ1) is 7.99. The van der Waals surface area contributed by atoms with Gasteiger partial charge in [-0.05, 0) is 24.3 Å². The predicted octanol–water partition coefficient (Wildman–Crippen LogP) is 4.52. The number of anilines is 1. The summed E-state index contributed by atoms with van der Waals surface area (Å²) < 4.78 is 0.803. The lowest BCUT2D eigenvalue weighted by atomic mass is 10.1. The van der Waals surface area contributed by atoms with Gasteiger partial charge >= 0.3 is 0 Å². The van der Waals surface area contributed by atoms with Crippen molar-refractivity contribution in [3.8, 4) is 0 Å². The van der Waals surface area contributed by atoms with Gasteiger partial charge in [-0.15, -0.1) is 11.3 Å². The van der Waals surface area contributed by atoms with E-state index in [9.17, 15) is 4.79 Å². The van der Waals surface area contributed by atoms with E-state index in [1.165, 1.54) is 12.1 Å². The van der Waals surface area contributed by atoms with Crippen LogP contribution in [0.1, 0.15) is 15.9 Å². The zero-order valence-electron chi connectivity index (χ0n) is 8.34. The molecule has 0 atom stereocenters. The van der Waals surface area contributed by atoms with Gasteiger partial charge in [0, 0.05) is 11.3 Å². The van der Waals surface area contributed by atoms with Gasteiger partial charge < -0.3 is 5.73 Å². The molecule has 0 bridgehead atoms. The number of hydrogen-bond acceptors (Lipinski definition) is 3. The van der Waals surface area contributed by atoms with Crippen LogP contribution in [0.2, 0.25) is 13.7 Å². The molecule has 0 unspecified atom stereocenters. The lowest BCUT2D eigenvalue weighted by molar-refractivity contribution is 0.103. The van der Waals surface area contributed by atoms with Crippen LogP contribution >= 0.6 is 46.1 Å². The van der Waals surface area contributed by atoms with Crippen LogP contribution < -0.4 is 5.73 Å². The Hall–Kier alpha value is -0.740.